The molecule has 85 heavy (non-hydrogen) atoms. The minimum absolute atomic E-state index is 0.0522. The summed E-state index contributed by atoms with van der Waals surface area (Å²) in [5, 5.41) is 12.4. The van der Waals surface area contributed by atoms with E-state index in [0.717, 1.165) is 134 Å². The first-order valence-electron chi connectivity index (χ1n) is 29.5. The van der Waals surface area contributed by atoms with Gasteiger partial charge in [-0.2, -0.15) is 5.26 Å². The van der Waals surface area contributed by atoms with Crippen LogP contribution in [0.1, 0.15) is 146 Å². The van der Waals surface area contributed by atoms with Crippen molar-refractivity contribution in [2.75, 3.05) is 39.6 Å². The van der Waals surface area contributed by atoms with Crippen molar-refractivity contribution < 1.29 is 61.9 Å². The molecule has 0 unspecified atom stereocenters. The molecule has 0 amide bonds. The number of carbonyl (C=O) groups is 5. The molecule has 0 atom stereocenters. The van der Waals surface area contributed by atoms with Gasteiger partial charge in [0.25, 0.3) is 0 Å². The third-order valence-corrected chi connectivity index (χ3v) is 14.1. The molecule has 7 rings (SSSR count). The summed E-state index contributed by atoms with van der Waals surface area (Å²) in [4.78, 5) is 63.6. The molecule has 0 aliphatic rings. The zero-order valence-electron chi connectivity index (χ0n) is 48.4. The Morgan fingerprint density at radius 3 is 1.21 bits per heavy atom. The number of ether oxygens (including phenoxy) is 8. The molecule has 0 bridgehead atoms. The lowest BCUT2D eigenvalue weighted by Gasteiger charge is -2.13. The van der Waals surface area contributed by atoms with E-state index in [-0.39, 0.29) is 40.8 Å². The molecule has 0 spiro atoms. The van der Waals surface area contributed by atoms with E-state index < -0.39 is 23.9 Å². The maximum Gasteiger partial charge on any atom is 0.343 e. The lowest BCUT2D eigenvalue weighted by molar-refractivity contribution is -0.138. The van der Waals surface area contributed by atoms with Gasteiger partial charge >= 0.3 is 29.8 Å². The van der Waals surface area contributed by atoms with Crippen LogP contribution in [0.3, 0.4) is 0 Å². The van der Waals surface area contributed by atoms with Crippen LogP contribution in [0.4, 0.5) is 0 Å². The van der Waals surface area contributed by atoms with Crippen molar-refractivity contribution in [3.63, 3.8) is 0 Å². The molecule has 14 nitrogen and oxygen atoms in total. The van der Waals surface area contributed by atoms with Gasteiger partial charge in [0.05, 0.1) is 62.4 Å². The Hall–Kier alpha value is -9.22. The molecule has 0 N–H and O–H groups in total. The first kappa shape index (κ1) is 63.4. The lowest BCUT2D eigenvalue weighted by atomic mass is 10.0. The van der Waals surface area contributed by atoms with Crippen LogP contribution in [0.15, 0.2) is 165 Å². The highest BCUT2D eigenvalue weighted by molar-refractivity contribution is 6.00. The second kappa shape index (κ2) is 35.0. The van der Waals surface area contributed by atoms with Crippen LogP contribution in [-0.2, 0) is 23.8 Å². The molecular formula is C71H75NO13. The summed E-state index contributed by atoms with van der Waals surface area (Å²) in [6.07, 6.45) is 18.5. The Labute approximate surface area is 498 Å². The second-order valence-corrected chi connectivity index (χ2v) is 20.5. The van der Waals surface area contributed by atoms with Crippen LogP contribution in [0.2, 0.25) is 0 Å². The van der Waals surface area contributed by atoms with Gasteiger partial charge in [0, 0.05) is 12.2 Å². The number of unbranched alkanes of at least 4 members (excludes halogenated alkanes) is 14. The summed E-state index contributed by atoms with van der Waals surface area (Å²) in [6, 6.07) is 43.4. The minimum Gasteiger partial charge on any atom is -0.494 e. The van der Waals surface area contributed by atoms with Crippen LogP contribution in [0.5, 0.6) is 28.7 Å². The Bertz CT molecular complexity index is 3380. The Kier molecular flexibility index (Phi) is 26.1. The predicted octanol–water partition coefficient (Wildman–Crippen LogP) is 16.1. The van der Waals surface area contributed by atoms with Crippen LogP contribution in [-0.4, -0.2) is 69.5 Å². The number of fused-ring (bicyclic) bond motifs is 2. The fraction of sp³-hybridized carbons (Fsp3) is 0.324. The van der Waals surface area contributed by atoms with E-state index in [1.807, 2.05) is 84.9 Å². The highest BCUT2D eigenvalue weighted by atomic mass is 16.6. The van der Waals surface area contributed by atoms with Crippen molar-refractivity contribution in [1.82, 2.24) is 0 Å². The number of carbonyl (C=O) groups excluding carboxylic acids is 5. The molecule has 0 heterocycles. The predicted molar refractivity (Wildman–Crippen MR) is 328 cm³/mol. The molecule has 0 aromatic heterocycles. The Balaban J connectivity index is 0.903. The van der Waals surface area contributed by atoms with E-state index in [4.69, 9.17) is 43.2 Å². The molecule has 0 aliphatic carbocycles. The maximum absolute atomic E-state index is 13.9. The van der Waals surface area contributed by atoms with Crippen LogP contribution in [0, 0.1) is 11.3 Å². The van der Waals surface area contributed by atoms with Crippen molar-refractivity contribution in [2.45, 2.75) is 109 Å². The molecule has 0 saturated heterocycles. The van der Waals surface area contributed by atoms with Gasteiger partial charge in [-0.3, -0.25) is 0 Å². The number of rotatable bonds is 37. The summed E-state index contributed by atoms with van der Waals surface area (Å²) in [5.74, 6) is -0.689. The van der Waals surface area contributed by atoms with Crippen molar-refractivity contribution in [3.05, 3.63) is 187 Å². The van der Waals surface area contributed by atoms with Gasteiger partial charge in [-0.15, -0.1) is 0 Å². The summed E-state index contributed by atoms with van der Waals surface area (Å²) < 4.78 is 45.5. The molecule has 0 aliphatic heterocycles. The van der Waals surface area contributed by atoms with Crippen LogP contribution < -0.4 is 23.7 Å². The molecule has 442 valence electrons. The zero-order chi connectivity index (χ0) is 59.9. The van der Waals surface area contributed by atoms with Gasteiger partial charge < -0.3 is 37.9 Å². The first-order chi connectivity index (χ1) is 41.6. The van der Waals surface area contributed by atoms with Crippen molar-refractivity contribution in [2.24, 2.45) is 0 Å². The Morgan fingerprint density at radius 1 is 0.365 bits per heavy atom. The van der Waals surface area contributed by atoms with Crippen LogP contribution >= 0.6 is 0 Å². The zero-order valence-corrected chi connectivity index (χ0v) is 48.4. The minimum atomic E-state index is -0.747. The van der Waals surface area contributed by atoms with Crippen molar-refractivity contribution in [1.29, 1.82) is 5.26 Å². The highest BCUT2D eigenvalue weighted by Gasteiger charge is 2.21. The average molecular weight is 1150 g/mol. The van der Waals surface area contributed by atoms with Gasteiger partial charge in [0.2, 0.25) is 0 Å². The monoisotopic (exact) mass is 1150 g/mol. The third kappa shape index (κ3) is 21.5. The summed E-state index contributed by atoms with van der Waals surface area (Å²) >= 11 is 0. The molecular weight excluding hydrogens is 1070 g/mol. The van der Waals surface area contributed by atoms with Crippen molar-refractivity contribution >= 4 is 51.4 Å². The summed E-state index contributed by atoms with van der Waals surface area (Å²) in [7, 11) is 0. The van der Waals surface area contributed by atoms with Gasteiger partial charge in [0.1, 0.15) is 34.3 Å². The quantitative estimate of drug-likeness (QED) is 0.0118. The smallest absolute Gasteiger partial charge is 0.343 e. The van der Waals surface area contributed by atoms with E-state index in [1.54, 1.807) is 36.4 Å². The second-order valence-electron chi connectivity index (χ2n) is 20.5. The van der Waals surface area contributed by atoms with Gasteiger partial charge in [-0.05, 0) is 188 Å². The number of nitrogens with zero attached hydrogens (tertiary/aromatic N) is 1. The number of hydrogen-bond donors (Lipinski definition) is 0. The standard InChI is InChI=1S/C71H75NO13/c1-3-67(73)81-43-19-11-9-7-5-6-8-10-16-41-79-62-37-33-56-47-60(29-27-58(56)49-62)70(76)85-66-39-38-64(84-69(75)59-28-26-57-48-63(36-32-55(57)46-59)80-42-18-12-14-20-44-82-68(74)4-2)50-65(66)71(77)83-45-21-15-13-17-40-78-61-34-30-54(31-35-61)53-24-22-52(51-72)23-25-53/h3-4,22-39,46-50H,1-2,5-21,40-45H2. The van der Waals surface area contributed by atoms with Crippen molar-refractivity contribution in [3.8, 4) is 45.9 Å². The number of esters is 5. The molecule has 0 radical (unpaired) electrons. The van der Waals surface area contributed by atoms with Crippen LogP contribution in [0.25, 0.3) is 32.7 Å². The highest BCUT2D eigenvalue weighted by Crippen LogP contribution is 2.30. The fourth-order valence-corrected chi connectivity index (χ4v) is 9.34. The largest absolute Gasteiger partial charge is 0.494 e. The molecule has 14 heteroatoms. The molecule has 7 aromatic rings. The van der Waals surface area contributed by atoms with E-state index in [0.29, 0.717) is 50.8 Å². The van der Waals surface area contributed by atoms with E-state index in [2.05, 4.69) is 19.2 Å². The SMILES string of the molecule is C=CC(=O)OCCCCCCCCCCCOc1ccc2cc(C(=O)Oc3ccc(OC(=O)c4ccc5cc(OCCCCCCOC(=O)C=C)ccc5c4)cc3C(=O)OCCCCCCOc3ccc(-c4ccc(C#N)cc4)cc3)ccc2c1. The van der Waals surface area contributed by atoms with Gasteiger partial charge in [-0.25, -0.2) is 24.0 Å². The topological polar surface area (TPSA) is 183 Å². The van der Waals surface area contributed by atoms with E-state index in [9.17, 15) is 24.0 Å². The Morgan fingerprint density at radius 2 is 0.741 bits per heavy atom. The third-order valence-electron chi connectivity index (χ3n) is 14.1. The molecule has 0 saturated carbocycles. The first-order valence-corrected chi connectivity index (χ1v) is 29.5. The molecule has 0 fully saturated rings. The normalized spacial score (nSPS) is 10.8. The molecule has 7 aromatic carbocycles. The number of hydrogen-bond acceptors (Lipinski definition) is 14. The lowest BCUT2D eigenvalue weighted by Crippen LogP contribution is -2.14. The van der Waals surface area contributed by atoms with E-state index >= 15 is 0 Å². The van der Waals surface area contributed by atoms with E-state index in [1.165, 1.54) is 43.5 Å². The average Bonchev–Trinajstić information content (AvgIpc) is 3.64. The maximum atomic E-state index is 13.9. The fourth-order valence-electron chi connectivity index (χ4n) is 9.34. The van der Waals surface area contributed by atoms with Gasteiger partial charge in [0.15, 0.2) is 0 Å². The number of nitriles is 1. The number of benzene rings is 7. The summed E-state index contributed by atoms with van der Waals surface area (Å²) in [5.41, 5.74) is 3.12. The van der Waals surface area contributed by atoms with Gasteiger partial charge in [-0.1, -0.05) is 107 Å². The summed E-state index contributed by atoms with van der Waals surface area (Å²) in [6.45, 7) is 9.38.